The number of allylic oxidation sites excluding steroid dienone is 1. The molecule has 1 fully saturated rings. The Morgan fingerprint density at radius 1 is 1.14 bits per heavy atom. The Morgan fingerprint density at radius 2 is 1.98 bits per heavy atom. The number of carbonyl (C=O) groups excluding carboxylic acids is 2. The third kappa shape index (κ3) is 7.64. The van der Waals surface area contributed by atoms with Gasteiger partial charge in [-0.2, -0.15) is 0 Å². The van der Waals surface area contributed by atoms with Crippen molar-refractivity contribution in [3.8, 4) is 5.75 Å². The number of benzene rings is 3. The maximum atomic E-state index is 14.3. The van der Waals surface area contributed by atoms with Gasteiger partial charge in [-0.25, -0.2) is 4.21 Å². The number of carbonyl (C=O) groups is 2. The Kier molecular flexibility index (Phi) is 10.4. The van der Waals surface area contributed by atoms with E-state index in [1.807, 2.05) is 18.2 Å². The molecule has 3 aromatic carbocycles. The maximum absolute atomic E-state index is 14.3. The predicted octanol–water partition coefficient (Wildman–Crippen LogP) is 6.62. The van der Waals surface area contributed by atoms with Crippen molar-refractivity contribution in [3.05, 3.63) is 107 Å². The first kappa shape index (κ1) is 35.4. The second-order valence-electron chi connectivity index (χ2n) is 14.8. The molecule has 2 bridgehead atoms. The van der Waals surface area contributed by atoms with Crippen molar-refractivity contribution in [1.29, 1.82) is 0 Å². The summed E-state index contributed by atoms with van der Waals surface area (Å²) in [6.45, 7) is 4.22. The van der Waals surface area contributed by atoms with Gasteiger partial charge < -0.3 is 19.5 Å². The summed E-state index contributed by atoms with van der Waals surface area (Å²) in [5.74, 6) is 0.161. The Bertz CT molecular complexity index is 1920. The summed E-state index contributed by atoms with van der Waals surface area (Å²) in [6.07, 6.45) is 9.06. The van der Waals surface area contributed by atoms with Gasteiger partial charge in [0.1, 0.15) is 15.7 Å². The van der Waals surface area contributed by atoms with Crippen molar-refractivity contribution < 1.29 is 28.4 Å². The fraction of sp³-hybridized carbons (Fsp3) is 0.463. The zero-order valence-corrected chi connectivity index (χ0v) is 30.4. The molecule has 0 saturated heterocycles. The molecule has 270 valence electrons. The van der Waals surface area contributed by atoms with E-state index in [2.05, 4.69) is 51.3 Å². The molecular formula is C41H49N3O6S. The molecule has 0 aromatic heterocycles. The number of aliphatic hydroxyl groups excluding tert-OH is 1. The molecular weight excluding hydrogens is 663 g/mol. The molecule has 2 amide bonds. The highest BCUT2D eigenvalue weighted by atomic mass is 32.2. The lowest BCUT2D eigenvalue weighted by molar-refractivity contribution is -0.121. The maximum Gasteiger partial charge on any atom is 0.286 e. The molecule has 2 aliphatic heterocycles. The van der Waals surface area contributed by atoms with Crippen molar-refractivity contribution in [2.45, 2.75) is 75.9 Å². The van der Waals surface area contributed by atoms with Crippen LogP contribution in [0.2, 0.25) is 0 Å². The monoisotopic (exact) mass is 711 g/mol. The molecule has 1 saturated carbocycles. The summed E-state index contributed by atoms with van der Waals surface area (Å²) >= 11 is 0. The lowest BCUT2D eigenvalue weighted by atomic mass is 9.68. The fourth-order valence-corrected chi connectivity index (χ4v) is 10.1. The number of nitrogens with one attached hydrogen (secondary N) is 1. The molecule has 2 N–H and O–H groups in total. The largest absolute Gasteiger partial charge is 0.490 e. The minimum Gasteiger partial charge on any atom is -0.490 e. The summed E-state index contributed by atoms with van der Waals surface area (Å²) in [5.41, 5.74) is 5.48. The number of ether oxygens (including phenoxy) is 2. The summed E-state index contributed by atoms with van der Waals surface area (Å²) < 4.78 is 33.7. The second-order valence-corrected chi connectivity index (χ2v) is 16.9. The van der Waals surface area contributed by atoms with Crippen LogP contribution in [0.15, 0.2) is 83.2 Å². The van der Waals surface area contributed by atoms with Gasteiger partial charge in [0.05, 0.1) is 36.7 Å². The van der Waals surface area contributed by atoms with Crippen molar-refractivity contribution in [2.24, 2.45) is 16.2 Å². The Hall–Kier alpha value is -3.99. The van der Waals surface area contributed by atoms with Crippen LogP contribution in [0.3, 0.4) is 0 Å². The third-order valence-electron chi connectivity index (χ3n) is 11.3. The van der Waals surface area contributed by atoms with Gasteiger partial charge in [0.25, 0.3) is 5.91 Å². The number of anilines is 1. The van der Waals surface area contributed by atoms with E-state index in [1.165, 1.54) is 16.7 Å². The smallest absolute Gasteiger partial charge is 0.286 e. The summed E-state index contributed by atoms with van der Waals surface area (Å²) in [4.78, 5) is 29.4. The number of rotatable bonds is 5. The van der Waals surface area contributed by atoms with Gasteiger partial charge in [-0.1, -0.05) is 66.2 Å². The van der Waals surface area contributed by atoms with Gasteiger partial charge >= 0.3 is 0 Å². The first-order chi connectivity index (χ1) is 24.6. The van der Waals surface area contributed by atoms with Crippen molar-refractivity contribution in [3.63, 3.8) is 0 Å². The highest BCUT2D eigenvalue weighted by Crippen LogP contribution is 2.47. The Balaban J connectivity index is 1.24. The molecule has 4 aliphatic rings. The Morgan fingerprint density at radius 3 is 2.76 bits per heavy atom. The first-order valence-electron chi connectivity index (χ1n) is 18.3. The SMILES string of the molecule is COC1/C=C/CCCS(=O)(NC(=O)CC(O)c2ccccc2)=NC(=O)c2ccc3c(c2)N(CC2CCC21)CC1(CCCc2cc(C)ccc21)CO3. The van der Waals surface area contributed by atoms with E-state index in [-0.39, 0.29) is 29.3 Å². The van der Waals surface area contributed by atoms with Crippen LogP contribution < -0.4 is 14.4 Å². The number of aryl methyl sites for hydroxylation is 2. The summed E-state index contributed by atoms with van der Waals surface area (Å²) in [7, 11) is -1.76. The van der Waals surface area contributed by atoms with E-state index >= 15 is 0 Å². The number of methoxy groups -OCH3 is 1. The highest BCUT2D eigenvalue weighted by Gasteiger charge is 2.44. The first-order valence-corrected chi connectivity index (χ1v) is 20.0. The number of hydrogen-bond acceptors (Lipinski definition) is 7. The molecule has 0 radical (unpaired) electrons. The van der Waals surface area contributed by atoms with Crippen LogP contribution in [-0.2, 0) is 31.3 Å². The number of hydrogen-bond donors (Lipinski definition) is 2. The number of fused-ring (bicyclic) bond motifs is 4. The number of aliphatic hydroxyl groups is 1. The molecule has 9 nitrogen and oxygen atoms in total. The van der Waals surface area contributed by atoms with Gasteiger partial charge in [0.15, 0.2) is 0 Å². The molecule has 7 rings (SSSR count). The lowest BCUT2D eigenvalue weighted by Crippen LogP contribution is -2.49. The molecule has 10 heteroatoms. The van der Waals surface area contributed by atoms with E-state index < -0.39 is 27.8 Å². The summed E-state index contributed by atoms with van der Waals surface area (Å²) in [5, 5.41) is 10.7. The normalized spacial score (nSPS) is 28.9. The molecule has 6 atom stereocenters. The van der Waals surface area contributed by atoms with Crippen LogP contribution in [-0.4, -0.2) is 59.8 Å². The van der Waals surface area contributed by atoms with Gasteiger partial charge in [-0.05, 0) is 98.6 Å². The van der Waals surface area contributed by atoms with E-state index in [4.69, 9.17) is 9.47 Å². The van der Waals surface area contributed by atoms with Gasteiger partial charge in [0, 0.05) is 31.2 Å². The van der Waals surface area contributed by atoms with E-state index in [1.54, 1.807) is 37.4 Å². The standard InChI is InChI=1S/C41H49N3O6S/c1-28-14-18-34-30(22-28)12-9-20-41(34)26-44-25-32-15-17-33(32)37(49-2)13-7-4-8-21-51(48,42-39(46)24-36(45)29-10-5-3-6-11-29)43-40(47)31-16-19-38(50-27-41)35(44)23-31/h3,5-7,10-11,13-14,16,18-19,22-23,32-33,36-37,45H,4,8-9,12,15,17,20-21,24-27H2,1-2H3,(H,42,43,46,47,48)/b13-7+. The Labute approximate surface area is 301 Å². The van der Waals surface area contributed by atoms with Crippen LogP contribution in [0.1, 0.15) is 83.7 Å². The average Bonchev–Trinajstić information content (AvgIpc) is 3.25. The van der Waals surface area contributed by atoms with Crippen molar-refractivity contribution in [2.75, 3.05) is 37.5 Å². The van der Waals surface area contributed by atoms with Crippen LogP contribution in [0.4, 0.5) is 5.69 Å². The van der Waals surface area contributed by atoms with Crippen molar-refractivity contribution in [1.82, 2.24) is 4.72 Å². The van der Waals surface area contributed by atoms with Crippen LogP contribution in [0.25, 0.3) is 0 Å². The molecule has 2 heterocycles. The van der Waals surface area contributed by atoms with E-state index in [0.717, 1.165) is 50.9 Å². The van der Waals surface area contributed by atoms with Crippen molar-refractivity contribution >= 4 is 27.4 Å². The topological polar surface area (TPSA) is 118 Å². The minimum absolute atomic E-state index is 0.0124. The number of amides is 2. The van der Waals surface area contributed by atoms with Gasteiger partial charge in [-0.15, -0.1) is 4.36 Å². The van der Waals surface area contributed by atoms with Crippen LogP contribution in [0.5, 0.6) is 5.75 Å². The van der Waals surface area contributed by atoms with Gasteiger partial charge in [0.2, 0.25) is 5.91 Å². The summed E-state index contributed by atoms with van der Waals surface area (Å²) in [6, 6.07) is 21.0. The second kappa shape index (κ2) is 14.9. The highest BCUT2D eigenvalue weighted by molar-refractivity contribution is 7.92. The van der Waals surface area contributed by atoms with Crippen LogP contribution in [0, 0.1) is 18.8 Å². The van der Waals surface area contributed by atoms with E-state index in [0.29, 0.717) is 42.6 Å². The van der Waals surface area contributed by atoms with Gasteiger partial charge in [-0.3, -0.25) is 14.3 Å². The molecule has 6 unspecified atom stereocenters. The third-order valence-corrected chi connectivity index (χ3v) is 13.1. The minimum atomic E-state index is -3.52. The van der Waals surface area contributed by atoms with Crippen LogP contribution >= 0.6 is 0 Å². The lowest BCUT2D eigenvalue weighted by Gasteiger charge is -2.46. The molecule has 51 heavy (non-hydrogen) atoms. The van der Waals surface area contributed by atoms with E-state index in [9.17, 15) is 18.9 Å². The molecule has 1 spiro atoms. The number of nitrogens with zero attached hydrogens (tertiary/aromatic N) is 2. The fourth-order valence-electron chi connectivity index (χ4n) is 8.46. The zero-order chi connectivity index (χ0) is 35.6. The quantitative estimate of drug-likeness (QED) is 0.286. The predicted molar refractivity (Wildman–Crippen MR) is 199 cm³/mol. The average molecular weight is 712 g/mol. The zero-order valence-electron chi connectivity index (χ0n) is 29.6. The molecule has 2 aliphatic carbocycles. The molecule has 3 aromatic rings.